The highest BCUT2D eigenvalue weighted by atomic mass is 32.2. The summed E-state index contributed by atoms with van der Waals surface area (Å²) in [7, 11) is -4.10. The number of hydrogen-bond acceptors (Lipinski definition) is 5. The minimum Gasteiger partial charge on any atom is -0.453 e. The number of rotatable bonds is 8. The zero-order valence-electron chi connectivity index (χ0n) is 14.8. The summed E-state index contributed by atoms with van der Waals surface area (Å²) in [6.07, 6.45) is 2.61. The number of carbonyl (C=O) groups excluding carboxylic acids is 2. The standard InChI is InChI=1S/C17H22F2N2O5S/c1-11(17(23)21-12-4-2-3-5-12)26-16(22)8-9-20-27(24,25)13-6-7-14(18)15(19)10-13/h6-7,10-12,20H,2-5,8-9H2,1H3,(H,21,23)/t11-/m0/s1. The third-order valence-corrected chi connectivity index (χ3v) is 5.66. The number of amides is 1. The van der Waals surface area contributed by atoms with Gasteiger partial charge in [-0.3, -0.25) is 9.59 Å². The summed E-state index contributed by atoms with van der Waals surface area (Å²) in [5.74, 6) is -3.60. The summed E-state index contributed by atoms with van der Waals surface area (Å²) < 4.78 is 57.1. The molecule has 1 aromatic carbocycles. The maximum Gasteiger partial charge on any atom is 0.307 e. The fourth-order valence-corrected chi connectivity index (χ4v) is 3.76. The summed E-state index contributed by atoms with van der Waals surface area (Å²) in [6.45, 7) is 1.13. The van der Waals surface area contributed by atoms with Gasteiger partial charge in [-0.1, -0.05) is 12.8 Å². The number of ether oxygens (including phenoxy) is 1. The molecule has 150 valence electrons. The third kappa shape index (κ3) is 6.24. The number of carbonyl (C=O) groups is 2. The van der Waals surface area contributed by atoms with Crippen LogP contribution in [0.5, 0.6) is 0 Å². The normalized spacial score (nSPS) is 16.1. The Morgan fingerprint density at radius 2 is 1.89 bits per heavy atom. The molecule has 0 radical (unpaired) electrons. The van der Waals surface area contributed by atoms with Gasteiger partial charge in [-0.2, -0.15) is 0 Å². The fourth-order valence-electron chi connectivity index (χ4n) is 2.71. The zero-order chi connectivity index (χ0) is 20.0. The van der Waals surface area contributed by atoms with E-state index in [-0.39, 0.29) is 19.0 Å². The Balaban J connectivity index is 1.77. The van der Waals surface area contributed by atoms with Crippen LogP contribution >= 0.6 is 0 Å². The van der Waals surface area contributed by atoms with Crippen molar-refractivity contribution in [2.75, 3.05) is 6.54 Å². The van der Waals surface area contributed by atoms with Gasteiger partial charge < -0.3 is 10.1 Å². The Hall–Kier alpha value is -2.07. The van der Waals surface area contributed by atoms with Gasteiger partial charge in [0, 0.05) is 12.6 Å². The van der Waals surface area contributed by atoms with Crippen molar-refractivity contribution in [3.63, 3.8) is 0 Å². The molecule has 7 nitrogen and oxygen atoms in total. The van der Waals surface area contributed by atoms with Gasteiger partial charge in [-0.25, -0.2) is 21.9 Å². The van der Waals surface area contributed by atoms with E-state index in [0.717, 1.165) is 31.7 Å². The molecule has 2 rings (SSSR count). The monoisotopic (exact) mass is 404 g/mol. The molecule has 0 spiro atoms. The molecule has 0 bridgehead atoms. The highest BCUT2D eigenvalue weighted by Crippen LogP contribution is 2.18. The maximum absolute atomic E-state index is 13.1. The lowest BCUT2D eigenvalue weighted by molar-refractivity contribution is -0.154. The Labute approximate surface area is 156 Å². The average molecular weight is 404 g/mol. The van der Waals surface area contributed by atoms with Gasteiger partial charge >= 0.3 is 5.97 Å². The van der Waals surface area contributed by atoms with E-state index in [9.17, 15) is 26.8 Å². The van der Waals surface area contributed by atoms with Gasteiger partial charge in [0.1, 0.15) is 0 Å². The van der Waals surface area contributed by atoms with Gasteiger partial charge in [-0.15, -0.1) is 0 Å². The van der Waals surface area contributed by atoms with Crippen LogP contribution in [0, 0.1) is 11.6 Å². The Kier molecular flexibility index (Phi) is 7.25. The van der Waals surface area contributed by atoms with Crippen LogP contribution in [0.4, 0.5) is 8.78 Å². The summed E-state index contributed by atoms with van der Waals surface area (Å²) in [5.41, 5.74) is 0. The van der Waals surface area contributed by atoms with Crippen molar-refractivity contribution in [3.05, 3.63) is 29.8 Å². The molecule has 1 atom stereocenters. The molecule has 10 heteroatoms. The van der Waals surface area contributed by atoms with Crippen LogP contribution in [-0.4, -0.2) is 39.0 Å². The number of halogens is 2. The molecule has 0 saturated heterocycles. The van der Waals surface area contributed by atoms with Crippen LogP contribution < -0.4 is 10.0 Å². The lowest BCUT2D eigenvalue weighted by atomic mass is 10.2. The molecular formula is C17H22F2N2O5S. The van der Waals surface area contributed by atoms with Crippen LogP contribution in [-0.2, 0) is 24.3 Å². The van der Waals surface area contributed by atoms with Crippen LogP contribution in [0.25, 0.3) is 0 Å². The quantitative estimate of drug-likeness (QED) is 0.641. The van der Waals surface area contributed by atoms with Crippen molar-refractivity contribution in [1.29, 1.82) is 0 Å². The first-order chi connectivity index (χ1) is 12.7. The molecule has 0 aliphatic heterocycles. The van der Waals surface area contributed by atoms with Crippen LogP contribution in [0.1, 0.15) is 39.0 Å². The zero-order valence-corrected chi connectivity index (χ0v) is 15.7. The molecule has 1 aliphatic carbocycles. The molecule has 0 heterocycles. The summed E-state index contributed by atoms with van der Waals surface area (Å²) >= 11 is 0. The topological polar surface area (TPSA) is 102 Å². The van der Waals surface area contributed by atoms with Crippen molar-refractivity contribution >= 4 is 21.9 Å². The van der Waals surface area contributed by atoms with Crippen molar-refractivity contribution in [2.45, 2.75) is 56.1 Å². The second-order valence-corrected chi connectivity index (χ2v) is 8.11. The fraction of sp³-hybridized carbons (Fsp3) is 0.529. The van der Waals surface area contributed by atoms with E-state index < -0.39 is 44.5 Å². The summed E-state index contributed by atoms with van der Waals surface area (Å²) in [5, 5.41) is 2.80. The van der Waals surface area contributed by atoms with E-state index in [1.165, 1.54) is 6.92 Å². The SMILES string of the molecule is C[C@H](OC(=O)CCNS(=O)(=O)c1ccc(F)c(F)c1)C(=O)NC1CCCC1. The van der Waals surface area contributed by atoms with E-state index in [4.69, 9.17) is 4.74 Å². The molecule has 1 aliphatic rings. The minimum absolute atomic E-state index is 0.0987. The lowest BCUT2D eigenvalue weighted by Gasteiger charge is -2.17. The van der Waals surface area contributed by atoms with Crippen LogP contribution in [0.2, 0.25) is 0 Å². The smallest absolute Gasteiger partial charge is 0.307 e. The van der Waals surface area contributed by atoms with Gasteiger partial charge in [0.2, 0.25) is 10.0 Å². The number of esters is 1. The van der Waals surface area contributed by atoms with Crippen LogP contribution in [0.15, 0.2) is 23.1 Å². The van der Waals surface area contributed by atoms with Crippen molar-refractivity contribution in [1.82, 2.24) is 10.0 Å². The van der Waals surface area contributed by atoms with Gasteiger partial charge in [0.05, 0.1) is 11.3 Å². The first-order valence-corrected chi connectivity index (χ1v) is 10.1. The molecule has 2 N–H and O–H groups in total. The van der Waals surface area contributed by atoms with Gasteiger partial charge in [0.15, 0.2) is 17.7 Å². The molecule has 1 saturated carbocycles. The van der Waals surface area contributed by atoms with E-state index in [2.05, 4.69) is 10.0 Å². The number of sulfonamides is 1. The molecule has 1 amide bonds. The second kappa shape index (κ2) is 9.23. The molecule has 0 unspecified atom stereocenters. The van der Waals surface area contributed by atoms with E-state index in [0.29, 0.717) is 12.1 Å². The number of benzene rings is 1. The highest BCUT2D eigenvalue weighted by molar-refractivity contribution is 7.89. The van der Waals surface area contributed by atoms with Crippen molar-refractivity contribution < 1.29 is 31.5 Å². The van der Waals surface area contributed by atoms with E-state index in [1.807, 2.05) is 0 Å². The van der Waals surface area contributed by atoms with Gasteiger partial charge in [0.25, 0.3) is 5.91 Å². The first kappa shape index (κ1) is 21.2. The van der Waals surface area contributed by atoms with Crippen LogP contribution in [0.3, 0.4) is 0 Å². The highest BCUT2D eigenvalue weighted by Gasteiger charge is 2.23. The minimum atomic E-state index is -4.10. The van der Waals surface area contributed by atoms with E-state index in [1.54, 1.807) is 0 Å². The van der Waals surface area contributed by atoms with Crippen molar-refractivity contribution in [3.8, 4) is 0 Å². The molecule has 0 aromatic heterocycles. The van der Waals surface area contributed by atoms with E-state index >= 15 is 0 Å². The molecule has 1 fully saturated rings. The molecular weight excluding hydrogens is 382 g/mol. The number of nitrogens with one attached hydrogen (secondary N) is 2. The predicted molar refractivity (Wildman–Crippen MR) is 92.1 cm³/mol. The maximum atomic E-state index is 13.1. The summed E-state index contributed by atoms with van der Waals surface area (Å²) in [6, 6.07) is 2.25. The van der Waals surface area contributed by atoms with Crippen molar-refractivity contribution in [2.24, 2.45) is 0 Å². The Bertz CT molecular complexity index is 795. The second-order valence-electron chi connectivity index (χ2n) is 6.35. The Morgan fingerprint density at radius 3 is 2.52 bits per heavy atom. The largest absolute Gasteiger partial charge is 0.453 e. The average Bonchev–Trinajstić information content (AvgIpc) is 3.09. The molecule has 1 aromatic rings. The molecule has 27 heavy (non-hydrogen) atoms. The Morgan fingerprint density at radius 1 is 1.22 bits per heavy atom. The number of hydrogen-bond donors (Lipinski definition) is 2. The first-order valence-electron chi connectivity index (χ1n) is 8.63. The third-order valence-electron chi connectivity index (χ3n) is 4.20. The van der Waals surface area contributed by atoms with Gasteiger partial charge in [-0.05, 0) is 38.0 Å². The lowest BCUT2D eigenvalue weighted by Crippen LogP contribution is -2.41. The summed E-state index contributed by atoms with van der Waals surface area (Å²) in [4.78, 5) is 23.3. The predicted octanol–water partition coefficient (Wildman–Crippen LogP) is 1.62.